The van der Waals surface area contributed by atoms with Gasteiger partial charge in [-0.1, -0.05) is 68.7 Å². The first-order valence-electron chi connectivity index (χ1n) is 15.3. The number of aliphatic hydroxyl groups excluding tert-OH is 1. The summed E-state index contributed by atoms with van der Waals surface area (Å²) in [6.07, 6.45) is 6.25. The number of benzene rings is 3. The number of urea groups is 1. The van der Waals surface area contributed by atoms with E-state index in [1.54, 1.807) is 23.1 Å². The molecule has 42 heavy (non-hydrogen) atoms. The van der Waals surface area contributed by atoms with Gasteiger partial charge in [-0.15, -0.1) is 0 Å². The second-order valence-corrected chi connectivity index (χ2v) is 12.1. The van der Waals surface area contributed by atoms with Gasteiger partial charge in [0.05, 0.1) is 29.6 Å². The number of anilines is 2. The van der Waals surface area contributed by atoms with Gasteiger partial charge in [0.15, 0.2) is 5.75 Å². The zero-order valence-electron chi connectivity index (χ0n) is 25.0. The van der Waals surface area contributed by atoms with Gasteiger partial charge in [-0.2, -0.15) is 0 Å². The van der Waals surface area contributed by atoms with Crippen LogP contribution in [-0.4, -0.2) is 72.3 Å². The van der Waals surface area contributed by atoms with Gasteiger partial charge in [0.25, 0.3) is 5.91 Å². The quantitative estimate of drug-likeness (QED) is 0.298. The Balaban J connectivity index is 1.42. The average Bonchev–Trinajstić information content (AvgIpc) is 2.99. The van der Waals surface area contributed by atoms with Crippen LogP contribution >= 0.6 is 0 Å². The van der Waals surface area contributed by atoms with Gasteiger partial charge >= 0.3 is 6.03 Å². The topological polar surface area (TPSA) is 94.1 Å². The number of nitrogens with zero attached hydrogens (tertiary/aromatic N) is 2. The molecule has 8 heteroatoms. The maximum Gasteiger partial charge on any atom is 0.323 e. The van der Waals surface area contributed by atoms with Crippen LogP contribution in [0.2, 0.25) is 0 Å². The molecule has 3 atom stereocenters. The minimum Gasteiger partial charge on any atom is -0.486 e. The second-order valence-electron chi connectivity index (χ2n) is 12.1. The van der Waals surface area contributed by atoms with E-state index in [4.69, 9.17) is 4.74 Å². The van der Waals surface area contributed by atoms with E-state index in [9.17, 15) is 14.7 Å². The highest BCUT2D eigenvalue weighted by Crippen LogP contribution is 2.35. The van der Waals surface area contributed by atoms with Gasteiger partial charge in [0.1, 0.15) is 6.10 Å². The molecule has 0 aromatic heterocycles. The lowest BCUT2D eigenvalue weighted by Crippen LogP contribution is -2.50. The highest BCUT2D eigenvalue weighted by atomic mass is 16.5. The van der Waals surface area contributed by atoms with Gasteiger partial charge in [-0.05, 0) is 56.3 Å². The van der Waals surface area contributed by atoms with Crippen LogP contribution in [0.3, 0.4) is 0 Å². The second kappa shape index (κ2) is 13.6. The zero-order valence-corrected chi connectivity index (χ0v) is 25.0. The molecule has 2 aliphatic rings. The minimum atomic E-state index is -0.419. The third kappa shape index (κ3) is 6.88. The van der Waals surface area contributed by atoms with Crippen LogP contribution in [0.1, 0.15) is 56.3 Å². The molecule has 0 saturated heterocycles. The molecule has 3 amide bonds. The van der Waals surface area contributed by atoms with E-state index in [0.29, 0.717) is 41.7 Å². The summed E-state index contributed by atoms with van der Waals surface area (Å²) >= 11 is 0. The summed E-state index contributed by atoms with van der Waals surface area (Å²) < 4.78 is 6.70. The van der Waals surface area contributed by atoms with Crippen LogP contribution in [0.25, 0.3) is 10.8 Å². The standard InChI is InChI=1S/C34H44N4O4/c1-23-19-38(24(2)22-39)33(40)28-16-10-18-30(32(28)42-31(23)21-37(3)20-25-11-5-4-6-12-25)36-34(41)35-29-17-9-14-26-13-7-8-15-27(26)29/h7-10,13-18,23-25,31,39H,4-6,11-12,19-22H2,1-3H3,(H2,35,36,41)/t23-,24+,31-/m0/s1. The van der Waals surface area contributed by atoms with Crippen molar-refractivity contribution in [3.8, 4) is 5.75 Å². The first-order chi connectivity index (χ1) is 20.3. The summed E-state index contributed by atoms with van der Waals surface area (Å²) in [6, 6.07) is 18.1. The number of nitrogens with one attached hydrogen (secondary N) is 2. The Morgan fingerprint density at radius 2 is 1.69 bits per heavy atom. The van der Waals surface area contributed by atoms with Crippen molar-refractivity contribution in [2.75, 3.05) is 43.9 Å². The van der Waals surface area contributed by atoms with Gasteiger partial charge in [-0.25, -0.2) is 4.79 Å². The predicted octanol–water partition coefficient (Wildman–Crippen LogP) is 6.22. The summed E-state index contributed by atoms with van der Waals surface area (Å²) in [6.45, 7) is 6.01. The molecule has 224 valence electrons. The smallest absolute Gasteiger partial charge is 0.323 e. The number of carbonyl (C=O) groups is 2. The number of likely N-dealkylation sites (N-methyl/N-ethyl adjacent to an activating group) is 1. The van der Waals surface area contributed by atoms with Gasteiger partial charge in [0.2, 0.25) is 0 Å². The molecule has 0 unspecified atom stereocenters. The highest BCUT2D eigenvalue weighted by molar-refractivity contribution is 6.08. The van der Waals surface area contributed by atoms with Gasteiger partial charge < -0.3 is 30.3 Å². The lowest BCUT2D eigenvalue weighted by Gasteiger charge is -2.39. The molecule has 5 rings (SSSR count). The molecule has 0 spiro atoms. The number of amides is 3. The third-order valence-electron chi connectivity index (χ3n) is 8.76. The van der Waals surface area contributed by atoms with Crippen molar-refractivity contribution in [3.05, 3.63) is 66.2 Å². The lowest BCUT2D eigenvalue weighted by atomic mass is 9.89. The van der Waals surface area contributed by atoms with Crippen molar-refractivity contribution >= 4 is 34.1 Å². The van der Waals surface area contributed by atoms with E-state index in [1.807, 2.05) is 49.4 Å². The van der Waals surface area contributed by atoms with E-state index in [-0.39, 0.29) is 30.6 Å². The summed E-state index contributed by atoms with van der Waals surface area (Å²) in [5.74, 6) is 0.851. The third-order valence-corrected chi connectivity index (χ3v) is 8.76. The summed E-state index contributed by atoms with van der Waals surface area (Å²) in [5, 5.41) is 17.9. The average molecular weight is 573 g/mol. The van der Waals surface area contributed by atoms with Crippen molar-refractivity contribution < 1.29 is 19.4 Å². The molecular weight excluding hydrogens is 528 g/mol. The SMILES string of the molecule is C[C@H](CO)N1C[C@H](C)[C@H](CN(C)CC2CCCCC2)Oc2c(NC(=O)Nc3cccc4ccccc34)cccc2C1=O. The van der Waals surface area contributed by atoms with Crippen LogP contribution in [-0.2, 0) is 0 Å². The van der Waals surface area contributed by atoms with Crippen LogP contribution in [0.4, 0.5) is 16.2 Å². The zero-order chi connectivity index (χ0) is 29.6. The maximum absolute atomic E-state index is 13.8. The van der Waals surface area contributed by atoms with Crippen molar-refractivity contribution in [2.24, 2.45) is 11.8 Å². The normalized spacial score (nSPS) is 20.4. The molecule has 0 bridgehead atoms. The number of carbonyl (C=O) groups excluding carboxylic acids is 2. The Hall–Kier alpha value is -3.62. The van der Waals surface area contributed by atoms with Gasteiger partial charge in [-0.3, -0.25) is 4.79 Å². The number of fused-ring (bicyclic) bond motifs is 2. The van der Waals surface area contributed by atoms with Crippen molar-refractivity contribution in [1.82, 2.24) is 9.80 Å². The molecule has 1 aliphatic heterocycles. The Kier molecular flexibility index (Phi) is 9.65. The molecule has 3 aromatic rings. The summed E-state index contributed by atoms with van der Waals surface area (Å²) in [7, 11) is 2.14. The molecule has 1 aliphatic carbocycles. The highest BCUT2D eigenvalue weighted by Gasteiger charge is 2.35. The van der Waals surface area contributed by atoms with Crippen LogP contribution < -0.4 is 15.4 Å². The number of ether oxygens (including phenoxy) is 1. The van der Waals surface area contributed by atoms with Crippen LogP contribution in [0.15, 0.2) is 60.7 Å². The fourth-order valence-electron chi connectivity index (χ4n) is 6.36. The number of hydrogen-bond acceptors (Lipinski definition) is 5. The van der Waals surface area contributed by atoms with E-state index in [2.05, 4.69) is 29.5 Å². The Bertz CT molecular complexity index is 1380. The summed E-state index contributed by atoms with van der Waals surface area (Å²) in [5.41, 5.74) is 1.51. The van der Waals surface area contributed by atoms with E-state index >= 15 is 0 Å². The first-order valence-corrected chi connectivity index (χ1v) is 15.3. The molecule has 1 fully saturated rings. The summed E-state index contributed by atoms with van der Waals surface area (Å²) in [4.78, 5) is 31.2. The molecule has 1 heterocycles. The first kappa shape index (κ1) is 29.9. The van der Waals surface area contributed by atoms with Crippen molar-refractivity contribution in [1.29, 1.82) is 0 Å². The van der Waals surface area contributed by atoms with Crippen molar-refractivity contribution in [2.45, 2.75) is 58.1 Å². The minimum absolute atomic E-state index is 0.00229. The molecular formula is C34H44N4O4. The molecule has 0 radical (unpaired) electrons. The number of aliphatic hydroxyl groups is 1. The molecule has 3 N–H and O–H groups in total. The van der Waals surface area contributed by atoms with Crippen LogP contribution in [0, 0.1) is 11.8 Å². The van der Waals surface area contributed by atoms with E-state index in [1.165, 1.54) is 32.1 Å². The Morgan fingerprint density at radius 3 is 2.48 bits per heavy atom. The predicted molar refractivity (Wildman–Crippen MR) is 168 cm³/mol. The molecule has 8 nitrogen and oxygen atoms in total. The van der Waals surface area contributed by atoms with E-state index in [0.717, 1.165) is 17.3 Å². The Morgan fingerprint density at radius 1 is 1.00 bits per heavy atom. The van der Waals surface area contributed by atoms with Crippen LogP contribution in [0.5, 0.6) is 5.75 Å². The fourth-order valence-corrected chi connectivity index (χ4v) is 6.36. The number of rotatable bonds is 8. The maximum atomic E-state index is 13.8. The largest absolute Gasteiger partial charge is 0.486 e. The molecule has 3 aromatic carbocycles. The van der Waals surface area contributed by atoms with E-state index < -0.39 is 6.03 Å². The fraction of sp³-hybridized carbons (Fsp3) is 0.471. The van der Waals surface area contributed by atoms with Gasteiger partial charge in [0, 0.05) is 30.9 Å². The van der Waals surface area contributed by atoms with Crippen molar-refractivity contribution in [3.63, 3.8) is 0 Å². The Labute approximate surface area is 249 Å². The lowest BCUT2D eigenvalue weighted by molar-refractivity contribution is 0.0333. The number of hydrogen-bond donors (Lipinski definition) is 3. The number of para-hydroxylation sites is 1. The molecule has 1 saturated carbocycles. The monoisotopic (exact) mass is 572 g/mol.